The molecule has 6 rings (SSSR count). The zero-order chi connectivity index (χ0) is 36.5. The standard InChI is InChI=1S/C39H45FN6O6/c1-26-9-7-10-27(2)35(26)43-36(47)30-25-41-39(42-29-12-14-32(31(40)24-29)51-20-8-17-45-15-5-4-6-16-45)44-37(30)52-33-13-11-28(23-34(33)49-3)38(48)46-18-21-50-22-19-46/h7,9-14,23-25H,4-6,8,15-22H2,1-3H3,(H,43,47)(H,41,42,44). The van der Waals surface area contributed by atoms with Crippen LogP contribution in [0.15, 0.2) is 60.8 Å². The molecule has 52 heavy (non-hydrogen) atoms. The molecule has 0 spiro atoms. The molecule has 2 N–H and O–H groups in total. The highest BCUT2D eigenvalue weighted by molar-refractivity contribution is 6.06. The van der Waals surface area contributed by atoms with E-state index in [2.05, 4.69) is 25.5 Å². The number of rotatable bonds is 13. The van der Waals surface area contributed by atoms with Crippen molar-refractivity contribution in [1.29, 1.82) is 0 Å². The minimum atomic E-state index is -0.527. The average molecular weight is 713 g/mol. The number of amides is 2. The van der Waals surface area contributed by atoms with Gasteiger partial charge < -0.3 is 39.4 Å². The van der Waals surface area contributed by atoms with Gasteiger partial charge in [-0.15, -0.1) is 0 Å². The van der Waals surface area contributed by atoms with Crippen molar-refractivity contribution in [2.24, 2.45) is 0 Å². The second-order valence-corrected chi connectivity index (χ2v) is 12.9. The van der Waals surface area contributed by atoms with Gasteiger partial charge >= 0.3 is 0 Å². The van der Waals surface area contributed by atoms with Crippen LogP contribution in [0.4, 0.5) is 21.7 Å². The number of anilines is 3. The fourth-order valence-electron chi connectivity index (χ4n) is 6.27. The molecule has 0 unspecified atom stereocenters. The number of hydrogen-bond donors (Lipinski definition) is 2. The fraction of sp³-hybridized carbons (Fsp3) is 0.385. The van der Waals surface area contributed by atoms with E-state index in [9.17, 15) is 9.59 Å². The Kier molecular flexibility index (Phi) is 12.1. The van der Waals surface area contributed by atoms with E-state index < -0.39 is 11.7 Å². The normalized spacial score (nSPS) is 14.8. The van der Waals surface area contributed by atoms with E-state index in [1.165, 1.54) is 38.6 Å². The van der Waals surface area contributed by atoms with Crippen LogP contribution < -0.4 is 24.8 Å². The first-order valence-electron chi connectivity index (χ1n) is 17.7. The lowest BCUT2D eigenvalue weighted by Gasteiger charge is -2.27. The Balaban J connectivity index is 1.21. The minimum absolute atomic E-state index is 0.0446. The van der Waals surface area contributed by atoms with Gasteiger partial charge in [0.25, 0.3) is 11.8 Å². The molecule has 12 nitrogen and oxygen atoms in total. The van der Waals surface area contributed by atoms with Crippen LogP contribution in [0, 0.1) is 19.7 Å². The number of hydrogen-bond acceptors (Lipinski definition) is 10. The van der Waals surface area contributed by atoms with Crippen LogP contribution in [0.2, 0.25) is 0 Å². The highest BCUT2D eigenvalue weighted by atomic mass is 19.1. The van der Waals surface area contributed by atoms with Crippen molar-refractivity contribution in [1.82, 2.24) is 19.8 Å². The van der Waals surface area contributed by atoms with Crippen molar-refractivity contribution < 1.29 is 32.9 Å². The van der Waals surface area contributed by atoms with Crippen molar-refractivity contribution in [2.75, 3.05) is 70.3 Å². The maximum absolute atomic E-state index is 15.1. The molecule has 0 bridgehead atoms. The number of nitrogens with zero attached hydrogens (tertiary/aromatic N) is 4. The zero-order valence-corrected chi connectivity index (χ0v) is 29.9. The second-order valence-electron chi connectivity index (χ2n) is 12.9. The van der Waals surface area contributed by atoms with Gasteiger partial charge in [0.15, 0.2) is 23.1 Å². The first kappa shape index (κ1) is 36.5. The smallest absolute Gasteiger partial charge is 0.262 e. The molecule has 2 amide bonds. The summed E-state index contributed by atoms with van der Waals surface area (Å²) in [7, 11) is 1.46. The average Bonchev–Trinajstić information content (AvgIpc) is 3.16. The van der Waals surface area contributed by atoms with Crippen molar-refractivity contribution in [2.45, 2.75) is 39.5 Å². The maximum atomic E-state index is 15.1. The van der Waals surface area contributed by atoms with Crippen LogP contribution in [-0.4, -0.2) is 91.2 Å². The van der Waals surface area contributed by atoms with Gasteiger partial charge in [-0.3, -0.25) is 9.59 Å². The van der Waals surface area contributed by atoms with Crippen LogP contribution in [-0.2, 0) is 4.74 Å². The number of likely N-dealkylation sites (tertiary alicyclic amines) is 1. The van der Waals surface area contributed by atoms with Gasteiger partial charge in [-0.05, 0) is 87.7 Å². The Hall–Kier alpha value is -5.27. The summed E-state index contributed by atoms with van der Waals surface area (Å²) in [6, 6.07) is 15.1. The van der Waals surface area contributed by atoms with Gasteiger partial charge in [0.05, 0.1) is 26.9 Å². The number of aromatic nitrogens is 2. The Labute approximate surface area is 303 Å². The molecule has 2 aliphatic heterocycles. The Morgan fingerprint density at radius 2 is 1.67 bits per heavy atom. The Bertz CT molecular complexity index is 1860. The number of para-hydroxylation sites is 1. The lowest BCUT2D eigenvalue weighted by atomic mass is 10.1. The van der Waals surface area contributed by atoms with Crippen LogP contribution >= 0.6 is 0 Å². The van der Waals surface area contributed by atoms with Crippen molar-refractivity contribution in [3.8, 4) is 23.1 Å². The van der Waals surface area contributed by atoms with E-state index in [-0.39, 0.29) is 40.5 Å². The summed E-state index contributed by atoms with van der Waals surface area (Å²) in [6.45, 7) is 9.32. The molecule has 3 heterocycles. The van der Waals surface area contributed by atoms with E-state index in [1.807, 2.05) is 32.0 Å². The first-order valence-corrected chi connectivity index (χ1v) is 17.7. The van der Waals surface area contributed by atoms with Crippen LogP contribution in [0.1, 0.15) is 57.5 Å². The van der Waals surface area contributed by atoms with Crippen molar-refractivity contribution in [3.05, 3.63) is 88.9 Å². The first-order chi connectivity index (χ1) is 25.3. The Morgan fingerprint density at radius 1 is 0.923 bits per heavy atom. The number of aryl methyl sites for hydroxylation is 2. The summed E-state index contributed by atoms with van der Waals surface area (Å²) < 4.78 is 38.0. The van der Waals surface area contributed by atoms with E-state index in [1.54, 1.807) is 35.2 Å². The number of halogens is 1. The monoisotopic (exact) mass is 712 g/mol. The van der Waals surface area contributed by atoms with Crippen molar-refractivity contribution >= 4 is 29.1 Å². The number of morpholine rings is 1. The largest absolute Gasteiger partial charge is 0.493 e. The number of methoxy groups -OCH3 is 1. The molecule has 2 saturated heterocycles. The lowest BCUT2D eigenvalue weighted by Crippen LogP contribution is -2.40. The third-order valence-electron chi connectivity index (χ3n) is 9.15. The third-order valence-corrected chi connectivity index (χ3v) is 9.15. The zero-order valence-electron chi connectivity index (χ0n) is 29.9. The van der Waals surface area contributed by atoms with E-state index in [0.29, 0.717) is 49.8 Å². The number of carbonyl (C=O) groups excluding carboxylic acids is 2. The van der Waals surface area contributed by atoms with Crippen LogP contribution in [0.3, 0.4) is 0 Å². The van der Waals surface area contributed by atoms with Gasteiger partial charge in [-0.2, -0.15) is 4.98 Å². The summed E-state index contributed by atoms with van der Waals surface area (Å²) in [5, 5.41) is 5.96. The highest BCUT2D eigenvalue weighted by Crippen LogP contribution is 2.35. The topological polar surface area (TPSA) is 127 Å². The minimum Gasteiger partial charge on any atom is -0.493 e. The number of carbonyl (C=O) groups is 2. The number of nitrogens with one attached hydrogen (secondary N) is 2. The molecule has 4 aromatic rings. The van der Waals surface area contributed by atoms with Gasteiger partial charge in [-0.25, -0.2) is 9.37 Å². The molecule has 13 heteroatoms. The van der Waals surface area contributed by atoms with Crippen LogP contribution in [0.25, 0.3) is 0 Å². The third kappa shape index (κ3) is 9.14. The Morgan fingerprint density at radius 3 is 2.40 bits per heavy atom. The maximum Gasteiger partial charge on any atom is 0.262 e. The predicted molar refractivity (Wildman–Crippen MR) is 196 cm³/mol. The molecule has 0 aliphatic carbocycles. The molecular formula is C39H45FN6O6. The van der Waals surface area contributed by atoms with E-state index >= 15 is 4.39 Å². The lowest BCUT2D eigenvalue weighted by molar-refractivity contribution is 0.0302. The number of benzene rings is 3. The quantitative estimate of drug-likeness (QED) is 0.144. The van der Waals surface area contributed by atoms with Crippen LogP contribution in [0.5, 0.6) is 23.1 Å². The molecular weight excluding hydrogens is 667 g/mol. The molecule has 0 saturated carbocycles. The summed E-state index contributed by atoms with van der Waals surface area (Å²) in [5.74, 6) is -0.550. The number of ether oxygens (including phenoxy) is 4. The molecule has 2 fully saturated rings. The molecule has 0 atom stereocenters. The summed E-state index contributed by atoms with van der Waals surface area (Å²) >= 11 is 0. The van der Waals surface area contributed by atoms with Gasteiger partial charge in [0.2, 0.25) is 11.8 Å². The summed E-state index contributed by atoms with van der Waals surface area (Å²) in [5.41, 5.74) is 3.26. The molecule has 274 valence electrons. The van der Waals surface area contributed by atoms with Crippen molar-refractivity contribution in [3.63, 3.8) is 0 Å². The SMILES string of the molecule is COc1cc(C(=O)N2CCOCC2)ccc1Oc1nc(Nc2ccc(OCCCN3CCCCC3)c(F)c2)ncc1C(=O)Nc1c(C)cccc1C. The van der Waals surface area contributed by atoms with E-state index in [4.69, 9.17) is 18.9 Å². The highest BCUT2D eigenvalue weighted by Gasteiger charge is 2.23. The molecule has 2 aliphatic rings. The molecule has 0 radical (unpaired) electrons. The molecule has 3 aromatic carbocycles. The van der Waals surface area contributed by atoms with Gasteiger partial charge in [0.1, 0.15) is 5.56 Å². The summed E-state index contributed by atoms with van der Waals surface area (Å²) in [4.78, 5) is 39.9. The molecule has 1 aromatic heterocycles. The van der Waals surface area contributed by atoms with E-state index in [0.717, 1.165) is 37.2 Å². The number of piperidine rings is 1. The van der Waals surface area contributed by atoms with Gasteiger partial charge in [0, 0.05) is 48.8 Å². The predicted octanol–water partition coefficient (Wildman–Crippen LogP) is 6.76. The fourth-order valence-corrected chi connectivity index (χ4v) is 6.27. The second kappa shape index (κ2) is 17.3. The summed E-state index contributed by atoms with van der Waals surface area (Å²) in [6.07, 6.45) is 5.89. The van der Waals surface area contributed by atoms with Gasteiger partial charge in [-0.1, -0.05) is 24.6 Å².